The number of likely N-dealkylation sites (N-methyl/N-ethyl adjacent to an activating group) is 1. The number of likely N-dealkylation sites (tertiary alicyclic amines) is 2. The fraction of sp³-hybridized carbons (Fsp3) is 0.684. The molecule has 2 aliphatic rings. The maximum Gasteiger partial charge on any atom is 0.254 e. The van der Waals surface area contributed by atoms with Gasteiger partial charge in [0.05, 0.1) is 17.9 Å². The van der Waals surface area contributed by atoms with Gasteiger partial charge in [-0.05, 0) is 33.1 Å². The minimum absolute atomic E-state index is 0.0368. The molecule has 1 aromatic heterocycles. The first-order chi connectivity index (χ1) is 12.8. The number of carbonyl (C=O) groups is 2. The Morgan fingerprint density at radius 3 is 2.56 bits per heavy atom. The summed E-state index contributed by atoms with van der Waals surface area (Å²) < 4.78 is 5.51. The second-order valence-electron chi connectivity index (χ2n) is 7.80. The van der Waals surface area contributed by atoms with Gasteiger partial charge < -0.3 is 19.5 Å². The molecule has 2 fully saturated rings. The molecule has 3 heterocycles. The van der Waals surface area contributed by atoms with E-state index < -0.39 is 5.41 Å². The number of H-pyrrole nitrogens is 1. The highest BCUT2D eigenvalue weighted by molar-refractivity contribution is 5.84. The van der Waals surface area contributed by atoms with Gasteiger partial charge in [0, 0.05) is 45.0 Å². The van der Waals surface area contributed by atoms with Crippen LogP contribution in [0.5, 0.6) is 0 Å². The van der Waals surface area contributed by atoms with E-state index in [0.29, 0.717) is 56.0 Å². The zero-order valence-corrected chi connectivity index (χ0v) is 16.5. The highest BCUT2D eigenvalue weighted by Crippen LogP contribution is 2.41. The fourth-order valence-electron chi connectivity index (χ4n) is 4.36. The van der Waals surface area contributed by atoms with Crippen molar-refractivity contribution in [3.8, 4) is 0 Å². The monoisotopic (exact) mass is 376 g/mol. The van der Waals surface area contributed by atoms with Gasteiger partial charge in [-0.15, -0.1) is 0 Å². The Morgan fingerprint density at radius 1 is 1.30 bits per heavy atom. The molecule has 0 aliphatic carbocycles. The van der Waals surface area contributed by atoms with Crippen LogP contribution in [0.4, 0.5) is 0 Å². The molecule has 8 nitrogen and oxygen atoms in total. The molecule has 0 radical (unpaired) electrons. The Kier molecular flexibility index (Phi) is 5.37. The number of aryl methyl sites for hydroxylation is 2. The van der Waals surface area contributed by atoms with Gasteiger partial charge in [0.1, 0.15) is 5.82 Å². The van der Waals surface area contributed by atoms with Crippen LogP contribution in [-0.2, 0) is 20.7 Å². The summed E-state index contributed by atoms with van der Waals surface area (Å²) in [5.74, 6) is 0.600. The van der Waals surface area contributed by atoms with E-state index in [1.165, 1.54) is 0 Å². The maximum atomic E-state index is 12.8. The molecule has 27 heavy (non-hydrogen) atoms. The lowest BCUT2D eigenvalue weighted by atomic mass is 9.71. The second-order valence-corrected chi connectivity index (χ2v) is 7.80. The Labute approximate surface area is 158 Å². The molecule has 1 aromatic rings. The number of amides is 2. The number of hydrogen-bond acceptors (Lipinski definition) is 5. The van der Waals surface area contributed by atoms with Gasteiger partial charge in [0.2, 0.25) is 11.8 Å². The summed E-state index contributed by atoms with van der Waals surface area (Å²) in [6, 6.07) is 0. The van der Waals surface area contributed by atoms with E-state index in [0.717, 1.165) is 0 Å². The third-order valence-electron chi connectivity index (χ3n) is 5.97. The van der Waals surface area contributed by atoms with Crippen molar-refractivity contribution in [1.29, 1.82) is 0 Å². The molecule has 1 atom stereocenters. The van der Waals surface area contributed by atoms with Crippen LogP contribution in [0.3, 0.4) is 0 Å². The first kappa shape index (κ1) is 19.5. The predicted molar refractivity (Wildman–Crippen MR) is 99.3 cm³/mol. The van der Waals surface area contributed by atoms with Crippen LogP contribution in [0.25, 0.3) is 0 Å². The highest BCUT2D eigenvalue weighted by Gasteiger charge is 2.48. The number of nitrogens with one attached hydrogen (secondary N) is 1. The van der Waals surface area contributed by atoms with Gasteiger partial charge >= 0.3 is 0 Å². The van der Waals surface area contributed by atoms with Gasteiger partial charge in [0.15, 0.2) is 0 Å². The molecular formula is C19H28N4O4. The second kappa shape index (κ2) is 7.42. The standard InChI is InChI=1S/C19H28N4O4/c1-12-15(17(25)21-13(2)20-12)9-16(24)23-7-5-19(6-8-23)10-14(27-4)11-22(3)18(19)26/h14H,5-11H2,1-4H3,(H,20,21,25). The van der Waals surface area contributed by atoms with Crippen LogP contribution in [0, 0.1) is 19.3 Å². The van der Waals surface area contributed by atoms with Crippen LogP contribution in [0.1, 0.15) is 36.3 Å². The molecule has 2 saturated heterocycles. The van der Waals surface area contributed by atoms with E-state index in [1.54, 1.807) is 30.8 Å². The van der Waals surface area contributed by atoms with Gasteiger partial charge in [-0.25, -0.2) is 4.98 Å². The highest BCUT2D eigenvalue weighted by atomic mass is 16.5. The topological polar surface area (TPSA) is 95.6 Å². The minimum Gasteiger partial charge on any atom is -0.380 e. The molecule has 0 bridgehead atoms. The Hall–Kier alpha value is -2.22. The summed E-state index contributed by atoms with van der Waals surface area (Å²) in [6.45, 7) is 5.12. The smallest absolute Gasteiger partial charge is 0.254 e. The van der Waals surface area contributed by atoms with Crippen molar-refractivity contribution in [2.45, 2.75) is 45.6 Å². The van der Waals surface area contributed by atoms with Crippen LogP contribution in [-0.4, -0.2) is 71.5 Å². The van der Waals surface area contributed by atoms with Crippen molar-refractivity contribution in [2.75, 3.05) is 33.8 Å². The normalized spacial score (nSPS) is 22.4. The number of methoxy groups -OCH3 is 1. The van der Waals surface area contributed by atoms with E-state index in [-0.39, 0.29) is 29.9 Å². The van der Waals surface area contributed by atoms with E-state index in [2.05, 4.69) is 9.97 Å². The molecule has 2 amide bonds. The number of ether oxygens (including phenoxy) is 1. The van der Waals surface area contributed by atoms with Crippen LogP contribution < -0.4 is 5.56 Å². The quantitative estimate of drug-likeness (QED) is 0.825. The SMILES string of the molecule is COC1CN(C)C(=O)C2(CCN(C(=O)Cc3c(C)nc(C)[nH]c3=O)CC2)C1. The van der Waals surface area contributed by atoms with Crippen molar-refractivity contribution < 1.29 is 14.3 Å². The van der Waals surface area contributed by atoms with Crippen molar-refractivity contribution >= 4 is 11.8 Å². The molecule has 8 heteroatoms. The number of carbonyl (C=O) groups excluding carboxylic acids is 2. The predicted octanol–water partition coefficient (Wildman–Crippen LogP) is 0.415. The fourth-order valence-corrected chi connectivity index (χ4v) is 4.36. The number of nitrogens with zero attached hydrogens (tertiary/aromatic N) is 3. The largest absolute Gasteiger partial charge is 0.380 e. The third-order valence-corrected chi connectivity index (χ3v) is 5.97. The van der Waals surface area contributed by atoms with Gasteiger partial charge in [0.25, 0.3) is 5.56 Å². The lowest BCUT2D eigenvalue weighted by Crippen LogP contribution is -2.57. The maximum absolute atomic E-state index is 12.8. The summed E-state index contributed by atoms with van der Waals surface area (Å²) in [5, 5.41) is 0. The minimum atomic E-state index is -0.441. The van der Waals surface area contributed by atoms with E-state index >= 15 is 0 Å². The number of hydrogen-bond donors (Lipinski definition) is 1. The van der Waals surface area contributed by atoms with Crippen molar-refractivity contribution in [3.05, 3.63) is 27.4 Å². The van der Waals surface area contributed by atoms with E-state index in [9.17, 15) is 14.4 Å². The number of rotatable bonds is 3. The van der Waals surface area contributed by atoms with E-state index in [4.69, 9.17) is 4.74 Å². The zero-order valence-electron chi connectivity index (χ0n) is 16.5. The summed E-state index contributed by atoms with van der Waals surface area (Å²) in [5.41, 5.74) is 0.307. The average Bonchev–Trinajstić information content (AvgIpc) is 2.62. The molecule has 3 rings (SSSR count). The molecule has 0 aromatic carbocycles. The summed E-state index contributed by atoms with van der Waals surface area (Å²) in [7, 11) is 3.49. The lowest BCUT2D eigenvalue weighted by Gasteiger charge is -2.47. The first-order valence-electron chi connectivity index (χ1n) is 9.38. The van der Waals surface area contributed by atoms with Crippen LogP contribution in [0.2, 0.25) is 0 Å². The third kappa shape index (κ3) is 3.76. The molecule has 1 unspecified atom stereocenters. The molecule has 1 N–H and O–H groups in total. The van der Waals surface area contributed by atoms with Crippen molar-refractivity contribution in [1.82, 2.24) is 19.8 Å². The van der Waals surface area contributed by atoms with Gasteiger partial charge in [-0.3, -0.25) is 14.4 Å². The lowest BCUT2D eigenvalue weighted by molar-refractivity contribution is -0.158. The van der Waals surface area contributed by atoms with Gasteiger partial charge in [-0.2, -0.15) is 0 Å². The Bertz CT molecular complexity index is 795. The summed E-state index contributed by atoms with van der Waals surface area (Å²) in [4.78, 5) is 48.0. The van der Waals surface area contributed by atoms with E-state index in [1.807, 2.05) is 7.05 Å². The number of piperidine rings is 2. The average molecular weight is 376 g/mol. The van der Waals surface area contributed by atoms with Crippen molar-refractivity contribution in [3.63, 3.8) is 0 Å². The zero-order chi connectivity index (χ0) is 19.8. The Balaban J connectivity index is 1.68. The number of aromatic amines is 1. The first-order valence-corrected chi connectivity index (χ1v) is 9.38. The summed E-state index contributed by atoms with van der Waals surface area (Å²) >= 11 is 0. The molecule has 1 spiro atoms. The Morgan fingerprint density at radius 2 is 1.96 bits per heavy atom. The van der Waals surface area contributed by atoms with Gasteiger partial charge in [-0.1, -0.05) is 0 Å². The van der Waals surface area contributed by atoms with Crippen LogP contribution in [0.15, 0.2) is 4.79 Å². The molecule has 2 aliphatic heterocycles. The summed E-state index contributed by atoms with van der Waals surface area (Å²) in [6.07, 6.45) is 2.03. The number of aromatic nitrogens is 2. The molecule has 0 saturated carbocycles. The molecule has 148 valence electrons. The molecular weight excluding hydrogens is 348 g/mol. The van der Waals surface area contributed by atoms with Crippen molar-refractivity contribution in [2.24, 2.45) is 5.41 Å². The van der Waals surface area contributed by atoms with Crippen LogP contribution >= 0.6 is 0 Å².